The van der Waals surface area contributed by atoms with Crippen LogP contribution in [0.4, 0.5) is 10.6 Å². The molecule has 146 valence electrons. The van der Waals surface area contributed by atoms with Crippen molar-refractivity contribution in [3.05, 3.63) is 11.8 Å². The second-order valence-electron chi connectivity index (χ2n) is 6.97. The van der Waals surface area contributed by atoms with E-state index in [0.717, 1.165) is 24.2 Å². The van der Waals surface area contributed by atoms with Gasteiger partial charge in [-0.2, -0.15) is 0 Å². The van der Waals surface area contributed by atoms with Gasteiger partial charge in [0.15, 0.2) is 12.4 Å². The molecule has 10 nitrogen and oxygen atoms in total. The van der Waals surface area contributed by atoms with Gasteiger partial charge in [0.25, 0.3) is 11.8 Å². The molecule has 1 aliphatic carbocycles. The Kier molecular flexibility index (Phi) is 5.15. The SMILES string of the molecule is Cc1cc(NC(=O)COC(=O)CN2C(=O)N[C@@]3(CCCC[C@H]3C)C2=O)no1. The van der Waals surface area contributed by atoms with E-state index in [1.165, 1.54) is 6.07 Å². The van der Waals surface area contributed by atoms with E-state index in [9.17, 15) is 19.2 Å². The van der Waals surface area contributed by atoms with E-state index in [1.807, 2.05) is 6.92 Å². The molecule has 2 N–H and O–H groups in total. The summed E-state index contributed by atoms with van der Waals surface area (Å²) in [5.41, 5.74) is -0.933. The molecule has 1 aromatic heterocycles. The van der Waals surface area contributed by atoms with Gasteiger partial charge in [0.1, 0.15) is 17.8 Å². The molecule has 0 aromatic carbocycles. The van der Waals surface area contributed by atoms with Crippen molar-refractivity contribution in [2.75, 3.05) is 18.5 Å². The molecule has 1 spiro atoms. The first-order valence-corrected chi connectivity index (χ1v) is 8.85. The molecule has 10 heteroatoms. The first kappa shape index (κ1) is 18.9. The van der Waals surface area contributed by atoms with Gasteiger partial charge in [-0.25, -0.2) is 4.79 Å². The summed E-state index contributed by atoms with van der Waals surface area (Å²) in [5, 5.41) is 8.74. The highest BCUT2D eigenvalue weighted by Gasteiger charge is 2.55. The lowest BCUT2D eigenvalue weighted by Gasteiger charge is -2.36. The largest absolute Gasteiger partial charge is 0.454 e. The van der Waals surface area contributed by atoms with Crippen LogP contribution in [-0.4, -0.2) is 52.6 Å². The topological polar surface area (TPSA) is 131 Å². The zero-order valence-corrected chi connectivity index (χ0v) is 15.2. The Morgan fingerprint density at radius 1 is 1.44 bits per heavy atom. The minimum atomic E-state index is -0.933. The van der Waals surface area contributed by atoms with Gasteiger partial charge < -0.3 is 19.9 Å². The normalized spacial score (nSPS) is 24.8. The number of aromatic nitrogens is 1. The molecule has 2 fully saturated rings. The second-order valence-corrected chi connectivity index (χ2v) is 6.97. The Hall–Kier alpha value is -2.91. The number of carbonyl (C=O) groups excluding carboxylic acids is 4. The zero-order valence-electron chi connectivity index (χ0n) is 15.2. The van der Waals surface area contributed by atoms with Crippen LogP contribution in [0.2, 0.25) is 0 Å². The lowest BCUT2D eigenvalue weighted by Crippen LogP contribution is -2.54. The third-order valence-corrected chi connectivity index (χ3v) is 5.05. The Bertz CT molecular complexity index is 775. The summed E-state index contributed by atoms with van der Waals surface area (Å²) in [6.45, 7) is 2.50. The molecule has 27 heavy (non-hydrogen) atoms. The number of esters is 1. The molecule has 0 unspecified atom stereocenters. The minimum absolute atomic E-state index is 0.000384. The smallest absolute Gasteiger partial charge is 0.326 e. The highest BCUT2D eigenvalue weighted by Crippen LogP contribution is 2.38. The number of nitrogens with one attached hydrogen (secondary N) is 2. The van der Waals surface area contributed by atoms with Crippen molar-refractivity contribution < 1.29 is 28.4 Å². The number of anilines is 1. The van der Waals surface area contributed by atoms with Gasteiger partial charge in [0.05, 0.1) is 0 Å². The summed E-state index contributed by atoms with van der Waals surface area (Å²) in [7, 11) is 0. The maximum atomic E-state index is 12.8. The van der Waals surface area contributed by atoms with Crippen molar-refractivity contribution >= 4 is 29.6 Å². The van der Waals surface area contributed by atoms with E-state index in [-0.39, 0.29) is 11.7 Å². The molecule has 4 amide bonds. The van der Waals surface area contributed by atoms with E-state index in [2.05, 4.69) is 15.8 Å². The van der Waals surface area contributed by atoms with Gasteiger partial charge in [-0.1, -0.05) is 24.9 Å². The molecule has 1 aromatic rings. The number of carbonyl (C=O) groups is 4. The number of ether oxygens (including phenoxy) is 1. The van der Waals surface area contributed by atoms with Crippen molar-refractivity contribution in [1.82, 2.24) is 15.4 Å². The second kappa shape index (κ2) is 7.37. The van der Waals surface area contributed by atoms with Crippen LogP contribution in [-0.2, 0) is 19.1 Å². The van der Waals surface area contributed by atoms with Crippen LogP contribution in [0.5, 0.6) is 0 Å². The lowest BCUT2D eigenvalue weighted by molar-refractivity contribution is -0.150. The van der Waals surface area contributed by atoms with Crippen molar-refractivity contribution in [2.24, 2.45) is 5.92 Å². The molecule has 2 aliphatic rings. The molecule has 2 atom stereocenters. The number of imide groups is 1. The van der Waals surface area contributed by atoms with Crippen LogP contribution in [0.25, 0.3) is 0 Å². The molecule has 0 radical (unpaired) electrons. The summed E-state index contributed by atoms with van der Waals surface area (Å²) in [6, 6.07) is 0.908. The average molecular weight is 378 g/mol. The maximum Gasteiger partial charge on any atom is 0.326 e. The van der Waals surface area contributed by atoms with Gasteiger partial charge in [-0.3, -0.25) is 19.3 Å². The third-order valence-electron chi connectivity index (χ3n) is 5.05. The Labute approximate surface area is 155 Å². The predicted octanol–water partition coefficient (Wildman–Crippen LogP) is 0.965. The number of rotatable bonds is 5. The number of hydrogen-bond donors (Lipinski definition) is 2. The fraction of sp³-hybridized carbons (Fsp3) is 0.588. The highest BCUT2D eigenvalue weighted by molar-refractivity contribution is 6.09. The monoisotopic (exact) mass is 378 g/mol. The van der Waals surface area contributed by atoms with Crippen LogP contribution in [0.1, 0.15) is 38.4 Å². The number of aryl methyl sites for hydroxylation is 1. The quantitative estimate of drug-likeness (QED) is 0.576. The fourth-order valence-corrected chi connectivity index (χ4v) is 3.56. The van der Waals surface area contributed by atoms with Gasteiger partial charge >= 0.3 is 12.0 Å². The van der Waals surface area contributed by atoms with Crippen LogP contribution in [0.3, 0.4) is 0 Å². The molecule has 2 heterocycles. The average Bonchev–Trinajstić information content (AvgIpc) is 3.12. The van der Waals surface area contributed by atoms with Crippen LogP contribution >= 0.6 is 0 Å². The van der Waals surface area contributed by atoms with E-state index in [1.54, 1.807) is 6.92 Å². The van der Waals surface area contributed by atoms with E-state index < -0.39 is 42.5 Å². The van der Waals surface area contributed by atoms with Gasteiger partial charge in [0, 0.05) is 6.07 Å². The molecule has 1 aliphatic heterocycles. The van der Waals surface area contributed by atoms with Crippen molar-refractivity contribution in [3.8, 4) is 0 Å². The van der Waals surface area contributed by atoms with Crippen LogP contribution < -0.4 is 10.6 Å². The van der Waals surface area contributed by atoms with E-state index in [4.69, 9.17) is 9.26 Å². The summed E-state index contributed by atoms with van der Waals surface area (Å²) in [4.78, 5) is 49.6. The standard InChI is InChI=1S/C17H22N4O6/c1-10-5-3-4-6-17(10)15(24)21(16(25)19-17)8-14(23)26-9-13(22)18-12-7-11(2)27-20-12/h7,10H,3-6,8-9H2,1-2H3,(H,19,25)(H,18,20,22)/t10-,17-/m1/s1. The molecule has 1 saturated heterocycles. The van der Waals surface area contributed by atoms with E-state index >= 15 is 0 Å². The van der Waals surface area contributed by atoms with Crippen LogP contribution in [0, 0.1) is 12.8 Å². The van der Waals surface area contributed by atoms with Crippen LogP contribution in [0.15, 0.2) is 10.6 Å². The fourth-order valence-electron chi connectivity index (χ4n) is 3.56. The molecule has 0 bridgehead atoms. The zero-order chi connectivity index (χ0) is 19.6. The number of amides is 4. The number of hydrogen-bond acceptors (Lipinski definition) is 7. The van der Waals surface area contributed by atoms with Gasteiger partial charge in [-0.05, 0) is 25.7 Å². The maximum absolute atomic E-state index is 12.8. The number of urea groups is 1. The summed E-state index contributed by atoms with van der Waals surface area (Å²) in [5.74, 6) is -1.13. The summed E-state index contributed by atoms with van der Waals surface area (Å²) in [6.07, 6.45) is 3.25. The van der Waals surface area contributed by atoms with Gasteiger partial charge in [0.2, 0.25) is 0 Å². The summed E-state index contributed by atoms with van der Waals surface area (Å²) < 4.78 is 9.67. The third kappa shape index (κ3) is 3.79. The highest BCUT2D eigenvalue weighted by atomic mass is 16.5. The number of nitrogens with zero attached hydrogens (tertiary/aromatic N) is 2. The lowest BCUT2D eigenvalue weighted by atomic mass is 9.73. The molecular formula is C17H22N4O6. The van der Waals surface area contributed by atoms with Gasteiger partial charge in [-0.15, -0.1) is 0 Å². The molecule has 3 rings (SSSR count). The van der Waals surface area contributed by atoms with Crippen molar-refractivity contribution in [2.45, 2.75) is 45.1 Å². The predicted molar refractivity (Wildman–Crippen MR) is 91.4 cm³/mol. The Morgan fingerprint density at radius 3 is 2.89 bits per heavy atom. The van der Waals surface area contributed by atoms with E-state index in [0.29, 0.717) is 12.2 Å². The minimum Gasteiger partial charge on any atom is -0.454 e. The van der Waals surface area contributed by atoms with Crippen molar-refractivity contribution in [1.29, 1.82) is 0 Å². The van der Waals surface area contributed by atoms with Crippen molar-refractivity contribution in [3.63, 3.8) is 0 Å². The first-order chi connectivity index (χ1) is 12.8. The Balaban J connectivity index is 1.52. The molecular weight excluding hydrogens is 356 g/mol. The molecule has 1 saturated carbocycles. The first-order valence-electron chi connectivity index (χ1n) is 8.85. The Morgan fingerprint density at radius 2 is 2.22 bits per heavy atom. The summed E-state index contributed by atoms with van der Waals surface area (Å²) >= 11 is 0.